The molecule has 3 heteroatoms. The highest BCUT2D eigenvalue weighted by Gasteiger charge is 2.24. The molecule has 3 nitrogen and oxygen atoms in total. The van der Waals surface area contributed by atoms with E-state index in [2.05, 4.69) is 30.9 Å². The predicted octanol–water partition coefficient (Wildman–Crippen LogP) is 2.66. The predicted molar refractivity (Wildman–Crippen MR) is 77.6 cm³/mol. The molecule has 1 fully saturated rings. The van der Waals surface area contributed by atoms with Gasteiger partial charge in [0.15, 0.2) is 0 Å². The van der Waals surface area contributed by atoms with Crippen molar-refractivity contribution in [1.82, 2.24) is 4.90 Å². The van der Waals surface area contributed by atoms with Gasteiger partial charge in [0, 0.05) is 19.2 Å². The van der Waals surface area contributed by atoms with Gasteiger partial charge in [-0.2, -0.15) is 0 Å². The molecule has 1 aliphatic heterocycles. The summed E-state index contributed by atoms with van der Waals surface area (Å²) in [6, 6.07) is 4.91. The summed E-state index contributed by atoms with van der Waals surface area (Å²) in [5, 5.41) is 9.13. The minimum atomic E-state index is 0.293. The largest absolute Gasteiger partial charge is 0.496 e. The van der Waals surface area contributed by atoms with Crippen LogP contribution in [-0.2, 0) is 6.54 Å². The van der Waals surface area contributed by atoms with Crippen molar-refractivity contribution in [3.63, 3.8) is 0 Å². The maximum Gasteiger partial charge on any atom is 0.122 e. The average Bonchev–Trinajstić information content (AvgIpc) is 2.81. The fraction of sp³-hybridized carbons (Fsp3) is 0.625. The third kappa shape index (κ3) is 3.28. The van der Waals surface area contributed by atoms with E-state index in [1.807, 2.05) is 0 Å². The summed E-state index contributed by atoms with van der Waals surface area (Å²) in [5.41, 5.74) is 3.86. The van der Waals surface area contributed by atoms with Gasteiger partial charge in [0.05, 0.1) is 7.11 Å². The van der Waals surface area contributed by atoms with Crippen LogP contribution in [0.1, 0.15) is 36.0 Å². The Hall–Kier alpha value is -1.06. The number of nitrogens with zero attached hydrogens (tertiary/aromatic N) is 1. The minimum Gasteiger partial charge on any atom is -0.496 e. The molecule has 1 heterocycles. The van der Waals surface area contributed by atoms with Crippen LogP contribution in [0.2, 0.25) is 0 Å². The molecule has 0 aromatic heterocycles. The molecule has 1 aliphatic rings. The van der Waals surface area contributed by atoms with Gasteiger partial charge in [-0.05, 0) is 62.4 Å². The third-order valence-electron chi connectivity index (χ3n) is 4.19. The van der Waals surface area contributed by atoms with Crippen LogP contribution >= 0.6 is 0 Å². The lowest BCUT2D eigenvalue weighted by atomic mass is 10.0. The molecule has 0 bridgehead atoms. The summed E-state index contributed by atoms with van der Waals surface area (Å²) < 4.78 is 5.36. The van der Waals surface area contributed by atoms with E-state index in [1.54, 1.807) is 7.11 Å². The second-order valence-electron chi connectivity index (χ2n) is 5.53. The number of rotatable bonds is 5. The summed E-state index contributed by atoms with van der Waals surface area (Å²) in [6.07, 6.45) is 3.36. The third-order valence-corrected chi connectivity index (χ3v) is 4.19. The van der Waals surface area contributed by atoms with Crippen LogP contribution in [0.25, 0.3) is 0 Å². The lowest BCUT2D eigenvalue weighted by molar-refractivity contribution is 0.189. The first-order valence-corrected chi connectivity index (χ1v) is 7.14. The standard InChI is InChI=1S/C16H25NO2/c1-12-10-16(19-3)13(2)9-14(12)11-17-7-4-5-15(17)6-8-18/h9-10,15,18H,4-8,11H2,1-3H3/t15-/m1/s1. The number of aryl methyl sites for hydroxylation is 2. The molecule has 0 unspecified atom stereocenters. The van der Waals surface area contributed by atoms with E-state index in [4.69, 9.17) is 9.84 Å². The Morgan fingerprint density at radius 1 is 1.32 bits per heavy atom. The molecule has 1 saturated heterocycles. The maximum absolute atomic E-state index is 9.13. The van der Waals surface area contributed by atoms with Gasteiger partial charge in [0.2, 0.25) is 0 Å². The molecule has 1 atom stereocenters. The molecule has 19 heavy (non-hydrogen) atoms. The number of hydrogen-bond acceptors (Lipinski definition) is 3. The van der Waals surface area contributed by atoms with Crippen LogP contribution in [0, 0.1) is 13.8 Å². The Morgan fingerprint density at radius 2 is 2.11 bits per heavy atom. The Labute approximate surface area is 116 Å². The molecular weight excluding hydrogens is 238 g/mol. The lowest BCUT2D eigenvalue weighted by Crippen LogP contribution is -2.30. The van der Waals surface area contributed by atoms with Crippen LogP contribution < -0.4 is 4.74 Å². The molecule has 0 aliphatic carbocycles. The van der Waals surface area contributed by atoms with Crippen molar-refractivity contribution in [3.8, 4) is 5.75 Å². The van der Waals surface area contributed by atoms with Crippen molar-refractivity contribution in [2.45, 2.75) is 45.7 Å². The summed E-state index contributed by atoms with van der Waals surface area (Å²) in [6.45, 7) is 6.67. The van der Waals surface area contributed by atoms with Gasteiger partial charge in [-0.1, -0.05) is 6.07 Å². The number of aliphatic hydroxyl groups excluding tert-OH is 1. The second kappa shape index (κ2) is 6.40. The summed E-state index contributed by atoms with van der Waals surface area (Å²) in [7, 11) is 1.72. The van der Waals surface area contributed by atoms with Gasteiger partial charge in [0.25, 0.3) is 0 Å². The molecule has 1 N–H and O–H groups in total. The second-order valence-corrected chi connectivity index (χ2v) is 5.53. The number of methoxy groups -OCH3 is 1. The number of likely N-dealkylation sites (tertiary alicyclic amines) is 1. The molecular formula is C16H25NO2. The Morgan fingerprint density at radius 3 is 2.79 bits per heavy atom. The first-order valence-electron chi connectivity index (χ1n) is 7.14. The molecule has 0 spiro atoms. The van der Waals surface area contributed by atoms with E-state index in [1.165, 1.54) is 29.5 Å². The van der Waals surface area contributed by atoms with Crippen molar-refractivity contribution in [2.24, 2.45) is 0 Å². The van der Waals surface area contributed by atoms with Gasteiger partial charge < -0.3 is 9.84 Å². The number of hydrogen-bond donors (Lipinski definition) is 1. The van der Waals surface area contributed by atoms with Crippen LogP contribution in [0.3, 0.4) is 0 Å². The van der Waals surface area contributed by atoms with E-state index < -0.39 is 0 Å². The van der Waals surface area contributed by atoms with Gasteiger partial charge in [-0.3, -0.25) is 4.90 Å². The topological polar surface area (TPSA) is 32.7 Å². The van der Waals surface area contributed by atoms with Crippen LogP contribution in [-0.4, -0.2) is 36.3 Å². The Bertz CT molecular complexity index is 431. The quantitative estimate of drug-likeness (QED) is 0.886. The molecule has 0 saturated carbocycles. The van der Waals surface area contributed by atoms with E-state index >= 15 is 0 Å². The highest BCUT2D eigenvalue weighted by molar-refractivity contribution is 5.41. The minimum absolute atomic E-state index is 0.293. The smallest absolute Gasteiger partial charge is 0.122 e. The molecule has 106 valence electrons. The number of aliphatic hydroxyl groups is 1. The SMILES string of the molecule is COc1cc(C)c(CN2CCC[C@@H]2CCO)cc1C. The van der Waals surface area contributed by atoms with Gasteiger partial charge >= 0.3 is 0 Å². The maximum atomic E-state index is 9.13. The summed E-state index contributed by atoms with van der Waals surface area (Å²) in [4.78, 5) is 2.50. The zero-order chi connectivity index (χ0) is 13.8. The van der Waals surface area contributed by atoms with E-state index in [9.17, 15) is 0 Å². The normalized spacial score (nSPS) is 19.9. The molecule has 1 aromatic rings. The Kier molecular flexibility index (Phi) is 4.83. The molecule has 0 amide bonds. The van der Waals surface area contributed by atoms with Crippen molar-refractivity contribution in [1.29, 1.82) is 0 Å². The van der Waals surface area contributed by atoms with E-state index in [0.29, 0.717) is 12.6 Å². The summed E-state index contributed by atoms with van der Waals surface area (Å²) in [5.74, 6) is 0.967. The average molecular weight is 263 g/mol. The monoisotopic (exact) mass is 263 g/mol. The van der Waals surface area contributed by atoms with Crippen molar-refractivity contribution in [2.75, 3.05) is 20.3 Å². The van der Waals surface area contributed by atoms with E-state index in [0.717, 1.165) is 25.3 Å². The zero-order valence-electron chi connectivity index (χ0n) is 12.3. The van der Waals surface area contributed by atoms with Gasteiger partial charge in [0.1, 0.15) is 5.75 Å². The molecule has 1 aromatic carbocycles. The first kappa shape index (κ1) is 14.4. The Balaban J connectivity index is 2.12. The molecule has 2 rings (SSSR count). The number of ether oxygens (including phenoxy) is 1. The van der Waals surface area contributed by atoms with Crippen molar-refractivity contribution >= 4 is 0 Å². The highest BCUT2D eigenvalue weighted by Crippen LogP contribution is 2.27. The summed E-state index contributed by atoms with van der Waals surface area (Å²) >= 11 is 0. The van der Waals surface area contributed by atoms with Crippen LogP contribution in [0.4, 0.5) is 0 Å². The highest BCUT2D eigenvalue weighted by atomic mass is 16.5. The first-order chi connectivity index (χ1) is 9.15. The van der Waals surface area contributed by atoms with Crippen molar-refractivity contribution in [3.05, 3.63) is 28.8 Å². The van der Waals surface area contributed by atoms with Gasteiger partial charge in [-0.15, -0.1) is 0 Å². The number of benzene rings is 1. The van der Waals surface area contributed by atoms with Gasteiger partial charge in [-0.25, -0.2) is 0 Å². The molecule has 0 radical (unpaired) electrons. The van der Waals surface area contributed by atoms with Crippen LogP contribution in [0.15, 0.2) is 12.1 Å². The van der Waals surface area contributed by atoms with Crippen molar-refractivity contribution < 1.29 is 9.84 Å². The van der Waals surface area contributed by atoms with E-state index in [-0.39, 0.29) is 0 Å². The fourth-order valence-corrected chi connectivity index (χ4v) is 3.04. The fourth-order valence-electron chi connectivity index (χ4n) is 3.04. The zero-order valence-corrected chi connectivity index (χ0v) is 12.3. The lowest BCUT2D eigenvalue weighted by Gasteiger charge is -2.25. The van der Waals surface area contributed by atoms with Crippen LogP contribution in [0.5, 0.6) is 5.75 Å².